The number of carbonyl (C=O) groups is 2. The van der Waals surface area contributed by atoms with Gasteiger partial charge in [-0.05, 0) is 52.0 Å². The van der Waals surface area contributed by atoms with Crippen LogP contribution in [0, 0.1) is 0 Å². The Kier molecular flexibility index (Phi) is 6.17. The number of amides is 2. The zero-order valence-corrected chi connectivity index (χ0v) is 17.5. The molecule has 0 bridgehead atoms. The van der Waals surface area contributed by atoms with Crippen LogP contribution in [0.1, 0.15) is 38.1 Å². The van der Waals surface area contributed by atoms with E-state index in [0.717, 1.165) is 6.07 Å². The fraction of sp³-hybridized carbons (Fsp3) is 0.333. The smallest absolute Gasteiger partial charge is 0.256 e. The Morgan fingerprint density at radius 3 is 2.43 bits per heavy atom. The molecule has 152 valence electrons. The molecule has 2 aromatic rings. The number of sulfone groups is 1. The molecule has 1 aromatic carbocycles. The summed E-state index contributed by atoms with van der Waals surface area (Å²) in [5.74, 6) is -1.31. The van der Waals surface area contributed by atoms with Gasteiger partial charge in [0.25, 0.3) is 11.8 Å². The number of carbonyl (C=O) groups excluding carboxylic acids is 2. The predicted molar refractivity (Wildman–Crippen MR) is 105 cm³/mol. The van der Waals surface area contributed by atoms with Crippen LogP contribution in [0.3, 0.4) is 0 Å². The Hall–Kier alpha value is -2.43. The van der Waals surface area contributed by atoms with Crippen LogP contribution < -0.4 is 15.8 Å². The highest BCUT2D eigenvalue weighted by molar-refractivity contribution is 7.93. The topological polar surface area (TPSA) is 136 Å². The lowest BCUT2D eigenvalue weighted by Gasteiger charge is -2.16. The molecule has 0 aliphatic rings. The van der Waals surface area contributed by atoms with Crippen molar-refractivity contribution >= 4 is 38.0 Å². The van der Waals surface area contributed by atoms with Gasteiger partial charge >= 0.3 is 0 Å². The maximum absolute atomic E-state index is 13.0. The predicted octanol–water partition coefficient (Wildman–Crippen LogP) is 2.18. The normalized spacial score (nSPS) is 12.1. The lowest BCUT2D eigenvalue weighted by Crippen LogP contribution is -2.36. The Morgan fingerprint density at radius 1 is 1.25 bits per heavy atom. The van der Waals surface area contributed by atoms with E-state index in [1.165, 1.54) is 26.0 Å². The number of primary amides is 1. The third-order valence-corrected chi connectivity index (χ3v) is 6.79. The van der Waals surface area contributed by atoms with Gasteiger partial charge < -0.3 is 20.9 Å². The molecule has 0 spiro atoms. The molecule has 2 amide bonds. The van der Waals surface area contributed by atoms with E-state index in [0.29, 0.717) is 17.1 Å². The molecule has 0 aliphatic carbocycles. The van der Waals surface area contributed by atoms with E-state index in [9.17, 15) is 23.1 Å². The molecule has 4 N–H and O–H groups in total. The Labute approximate surface area is 167 Å². The molecule has 0 unspecified atom stereocenters. The Bertz CT molecular complexity index is 1000. The SMILES string of the molecule is CC(C)Oc1cccc(S(=O)(=O)c2cc(C(N)=O)c(NC(=O)C(C)(C)O)s2)c1. The summed E-state index contributed by atoms with van der Waals surface area (Å²) in [6, 6.07) is 7.08. The fourth-order valence-electron chi connectivity index (χ4n) is 2.14. The van der Waals surface area contributed by atoms with E-state index in [-0.39, 0.29) is 25.8 Å². The summed E-state index contributed by atoms with van der Waals surface area (Å²) in [4.78, 5) is 23.7. The summed E-state index contributed by atoms with van der Waals surface area (Å²) in [6.07, 6.45) is -0.134. The number of nitrogens with one attached hydrogen (secondary N) is 1. The monoisotopic (exact) mass is 426 g/mol. The van der Waals surface area contributed by atoms with Gasteiger partial charge in [0.1, 0.15) is 20.6 Å². The molecule has 28 heavy (non-hydrogen) atoms. The van der Waals surface area contributed by atoms with Crippen LogP contribution in [0.4, 0.5) is 5.00 Å². The van der Waals surface area contributed by atoms with Crippen LogP contribution in [0.15, 0.2) is 39.4 Å². The second kappa shape index (κ2) is 7.90. The molecule has 1 aromatic heterocycles. The van der Waals surface area contributed by atoms with E-state index in [4.69, 9.17) is 10.5 Å². The van der Waals surface area contributed by atoms with E-state index in [1.807, 2.05) is 13.8 Å². The number of aliphatic hydroxyl groups is 1. The first-order chi connectivity index (χ1) is 12.8. The molecule has 1 heterocycles. The van der Waals surface area contributed by atoms with Crippen molar-refractivity contribution in [1.29, 1.82) is 0 Å². The van der Waals surface area contributed by atoms with E-state index in [1.54, 1.807) is 12.1 Å². The standard InChI is InChI=1S/C18H22N2O6S2/c1-10(2)26-11-6-5-7-12(8-11)28(24,25)14-9-13(15(19)21)16(27-14)20-17(22)18(3,4)23/h5-10,23H,1-4H3,(H2,19,21)(H,20,22). The molecule has 0 saturated carbocycles. The van der Waals surface area contributed by atoms with E-state index in [2.05, 4.69) is 5.32 Å². The molecular weight excluding hydrogens is 404 g/mol. The highest BCUT2D eigenvalue weighted by Gasteiger charge is 2.29. The molecule has 10 heteroatoms. The highest BCUT2D eigenvalue weighted by Crippen LogP contribution is 2.35. The summed E-state index contributed by atoms with van der Waals surface area (Å²) in [5, 5.41) is 12.1. The summed E-state index contributed by atoms with van der Waals surface area (Å²) in [5.41, 5.74) is 3.43. The highest BCUT2D eigenvalue weighted by atomic mass is 32.2. The number of nitrogens with two attached hydrogens (primary N) is 1. The molecule has 2 rings (SSSR count). The molecule has 0 atom stereocenters. The van der Waals surface area contributed by atoms with Crippen molar-refractivity contribution in [2.75, 3.05) is 5.32 Å². The van der Waals surface area contributed by atoms with Gasteiger partial charge in [0.2, 0.25) is 9.84 Å². The van der Waals surface area contributed by atoms with Crippen molar-refractivity contribution in [3.8, 4) is 5.75 Å². The first kappa shape index (κ1) is 21.9. The summed E-state index contributed by atoms with van der Waals surface area (Å²) >= 11 is 0.681. The zero-order chi connectivity index (χ0) is 21.3. The molecule has 0 aliphatic heterocycles. The quantitative estimate of drug-likeness (QED) is 0.621. The minimum absolute atomic E-state index is 0.0247. The molecule has 0 radical (unpaired) electrons. The van der Waals surface area contributed by atoms with Crippen molar-refractivity contribution in [2.45, 2.75) is 48.5 Å². The molecule has 8 nitrogen and oxygen atoms in total. The lowest BCUT2D eigenvalue weighted by molar-refractivity contribution is -0.130. The number of benzene rings is 1. The Balaban J connectivity index is 2.48. The molecular formula is C18H22N2O6S2. The maximum Gasteiger partial charge on any atom is 0.256 e. The van der Waals surface area contributed by atoms with E-state index < -0.39 is 27.3 Å². The Morgan fingerprint density at radius 2 is 1.89 bits per heavy atom. The third kappa shape index (κ3) is 4.89. The van der Waals surface area contributed by atoms with Crippen molar-refractivity contribution < 1.29 is 27.9 Å². The van der Waals surface area contributed by atoms with Crippen LogP contribution in [-0.2, 0) is 14.6 Å². The van der Waals surface area contributed by atoms with Gasteiger partial charge in [0, 0.05) is 0 Å². The zero-order valence-electron chi connectivity index (χ0n) is 15.8. The van der Waals surface area contributed by atoms with Gasteiger partial charge in [-0.1, -0.05) is 6.07 Å². The van der Waals surface area contributed by atoms with Gasteiger partial charge in [-0.2, -0.15) is 0 Å². The average Bonchev–Trinajstić information content (AvgIpc) is 2.98. The van der Waals surface area contributed by atoms with Crippen molar-refractivity contribution in [3.63, 3.8) is 0 Å². The molecule has 0 saturated heterocycles. The number of hydrogen-bond acceptors (Lipinski definition) is 7. The van der Waals surface area contributed by atoms with Crippen LogP contribution in [-0.4, -0.2) is 37.0 Å². The second-order valence-corrected chi connectivity index (χ2v) is 10.1. The van der Waals surface area contributed by atoms with Crippen molar-refractivity contribution in [3.05, 3.63) is 35.9 Å². The van der Waals surface area contributed by atoms with Gasteiger partial charge in [-0.25, -0.2) is 8.42 Å². The third-order valence-electron chi connectivity index (χ3n) is 3.51. The van der Waals surface area contributed by atoms with Crippen molar-refractivity contribution in [1.82, 2.24) is 0 Å². The van der Waals surface area contributed by atoms with Gasteiger partial charge in [0.05, 0.1) is 16.6 Å². The number of rotatable bonds is 7. The molecule has 0 fully saturated rings. The summed E-state index contributed by atoms with van der Waals surface area (Å²) in [6.45, 7) is 6.16. The number of ether oxygens (including phenoxy) is 1. The minimum atomic E-state index is -3.99. The largest absolute Gasteiger partial charge is 0.491 e. The minimum Gasteiger partial charge on any atom is -0.491 e. The lowest BCUT2D eigenvalue weighted by atomic mass is 10.1. The van der Waals surface area contributed by atoms with Crippen LogP contribution in [0.25, 0.3) is 0 Å². The number of thiophene rings is 1. The second-order valence-electron chi connectivity index (χ2n) is 6.83. The van der Waals surface area contributed by atoms with Gasteiger partial charge in [-0.3, -0.25) is 9.59 Å². The first-order valence-electron chi connectivity index (χ1n) is 8.31. The number of anilines is 1. The maximum atomic E-state index is 13.0. The fourth-order valence-corrected chi connectivity index (χ4v) is 4.94. The average molecular weight is 427 g/mol. The number of hydrogen-bond donors (Lipinski definition) is 3. The van der Waals surface area contributed by atoms with Crippen molar-refractivity contribution in [2.24, 2.45) is 5.73 Å². The van der Waals surface area contributed by atoms with Crippen LogP contribution in [0.2, 0.25) is 0 Å². The van der Waals surface area contributed by atoms with Crippen LogP contribution in [0.5, 0.6) is 5.75 Å². The first-order valence-corrected chi connectivity index (χ1v) is 10.6. The summed E-state index contributed by atoms with van der Waals surface area (Å²) in [7, 11) is -3.99. The summed E-state index contributed by atoms with van der Waals surface area (Å²) < 4.78 is 31.3. The van der Waals surface area contributed by atoms with Gasteiger partial charge in [-0.15, -0.1) is 11.3 Å². The van der Waals surface area contributed by atoms with Gasteiger partial charge in [0.15, 0.2) is 0 Å². The van der Waals surface area contributed by atoms with Crippen LogP contribution >= 0.6 is 11.3 Å². The van der Waals surface area contributed by atoms with E-state index >= 15 is 0 Å².